The van der Waals surface area contributed by atoms with Crippen LogP contribution >= 0.6 is 11.6 Å². The van der Waals surface area contributed by atoms with E-state index < -0.39 is 0 Å². The summed E-state index contributed by atoms with van der Waals surface area (Å²) in [4.78, 5) is 0. The molecule has 11 heavy (non-hydrogen) atoms. The second-order valence-corrected chi connectivity index (χ2v) is 3.20. The van der Waals surface area contributed by atoms with E-state index in [9.17, 15) is 0 Å². The summed E-state index contributed by atoms with van der Waals surface area (Å²) in [6.45, 7) is 0. The molecule has 4 heteroatoms. The molecule has 0 heterocycles. The number of hydrogen-bond acceptors (Lipinski definition) is 3. The van der Waals surface area contributed by atoms with E-state index in [1.807, 2.05) is 0 Å². The molecule has 1 fully saturated rings. The lowest BCUT2D eigenvalue weighted by atomic mass is 10.2. The van der Waals surface area contributed by atoms with Gasteiger partial charge in [-0.25, -0.2) is 5.84 Å². The van der Waals surface area contributed by atoms with Gasteiger partial charge in [0.05, 0.1) is 11.6 Å². The Balaban J connectivity index is 2.72. The maximum Gasteiger partial charge on any atom is 0.0638 e. The van der Waals surface area contributed by atoms with E-state index in [-0.39, 0.29) is 0 Å². The fraction of sp³-hybridized carbons (Fsp3) is 0.714. The van der Waals surface area contributed by atoms with Crippen LogP contribution in [0.5, 0.6) is 0 Å². The summed E-state index contributed by atoms with van der Waals surface area (Å²) in [5.41, 5.74) is 7.41. The summed E-state index contributed by atoms with van der Waals surface area (Å²) in [7, 11) is 1.80. The van der Waals surface area contributed by atoms with E-state index in [4.69, 9.17) is 23.2 Å². The third kappa shape index (κ3) is 2.01. The molecule has 1 aliphatic carbocycles. The van der Waals surface area contributed by atoms with Crippen molar-refractivity contribution in [1.82, 2.24) is 5.01 Å². The second-order valence-electron chi connectivity index (χ2n) is 2.93. The molecule has 1 saturated carbocycles. The first-order chi connectivity index (χ1) is 5.16. The first kappa shape index (κ1) is 8.68. The highest BCUT2D eigenvalue weighted by molar-refractivity contribution is 6.19. The third-order valence-corrected chi connectivity index (χ3v) is 2.10. The zero-order valence-electron chi connectivity index (χ0n) is 6.68. The van der Waals surface area contributed by atoms with Crippen LogP contribution in [0.1, 0.15) is 12.8 Å². The Bertz CT molecular complexity index is 169. The van der Waals surface area contributed by atoms with Gasteiger partial charge < -0.3 is 10.7 Å². The standard InChI is InChI=1S/C7H14ClN3/c1-11(10)7(5-2-3-5)6(9)4-8/h5H,2-4,9-10H2,1H3/b7-6-. The van der Waals surface area contributed by atoms with Crippen LogP contribution in [0.15, 0.2) is 11.4 Å². The average Bonchev–Trinajstić information content (AvgIpc) is 2.71. The van der Waals surface area contributed by atoms with Crippen LogP contribution < -0.4 is 11.6 Å². The van der Waals surface area contributed by atoms with Gasteiger partial charge >= 0.3 is 0 Å². The topological polar surface area (TPSA) is 55.3 Å². The highest BCUT2D eigenvalue weighted by Gasteiger charge is 2.29. The van der Waals surface area contributed by atoms with Crippen molar-refractivity contribution in [2.45, 2.75) is 12.8 Å². The molecule has 0 spiro atoms. The number of rotatable bonds is 3. The number of allylic oxidation sites excluding steroid dienone is 2. The Morgan fingerprint density at radius 3 is 2.45 bits per heavy atom. The van der Waals surface area contributed by atoms with Gasteiger partial charge in [0, 0.05) is 18.7 Å². The predicted octanol–water partition coefficient (Wildman–Crippen LogP) is 0.611. The van der Waals surface area contributed by atoms with E-state index in [0.29, 0.717) is 17.5 Å². The lowest BCUT2D eigenvalue weighted by Gasteiger charge is -2.18. The molecule has 3 nitrogen and oxygen atoms in total. The number of hydrogen-bond donors (Lipinski definition) is 2. The van der Waals surface area contributed by atoms with E-state index >= 15 is 0 Å². The largest absolute Gasteiger partial charge is 0.400 e. The monoisotopic (exact) mass is 175 g/mol. The van der Waals surface area contributed by atoms with E-state index in [1.165, 1.54) is 12.8 Å². The summed E-state index contributed by atoms with van der Waals surface area (Å²) in [6, 6.07) is 0. The van der Waals surface area contributed by atoms with E-state index in [2.05, 4.69) is 0 Å². The van der Waals surface area contributed by atoms with Crippen molar-refractivity contribution in [2.75, 3.05) is 12.9 Å². The Hall–Kier alpha value is -0.410. The van der Waals surface area contributed by atoms with Gasteiger partial charge in [0.25, 0.3) is 0 Å². The Kier molecular flexibility index (Phi) is 2.62. The zero-order valence-corrected chi connectivity index (χ0v) is 7.43. The van der Waals surface area contributed by atoms with Crippen LogP contribution in [0, 0.1) is 5.92 Å². The van der Waals surface area contributed by atoms with Gasteiger partial charge in [-0.3, -0.25) is 0 Å². The summed E-state index contributed by atoms with van der Waals surface area (Å²) in [6.07, 6.45) is 2.38. The lowest BCUT2D eigenvalue weighted by Crippen LogP contribution is -2.29. The van der Waals surface area contributed by atoms with Gasteiger partial charge in [0.1, 0.15) is 0 Å². The molecular weight excluding hydrogens is 162 g/mol. The van der Waals surface area contributed by atoms with Crippen molar-refractivity contribution >= 4 is 11.6 Å². The van der Waals surface area contributed by atoms with Crippen molar-refractivity contribution in [1.29, 1.82) is 0 Å². The summed E-state index contributed by atoms with van der Waals surface area (Å²) in [5.74, 6) is 6.52. The average molecular weight is 176 g/mol. The molecule has 0 aromatic heterocycles. The molecule has 1 rings (SSSR count). The predicted molar refractivity (Wildman–Crippen MR) is 46.6 cm³/mol. The smallest absolute Gasteiger partial charge is 0.0638 e. The molecule has 4 N–H and O–H groups in total. The molecule has 0 aromatic carbocycles. The minimum atomic E-state index is 0.368. The van der Waals surface area contributed by atoms with E-state index in [0.717, 1.165) is 5.70 Å². The van der Waals surface area contributed by atoms with Crippen LogP contribution in [0.25, 0.3) is 0 Å². The SMILES string of the molecule is CN(N)/C(=C(\N)CCl)C1CC1. The van der Waals surface area contributed by atoms with Crippen molar-refractivity contribution in [3.8, 4) is 0 Å². The van der Waals surface area contributed by atoms with Gasteiger partial charge in [-0.15, -0.1) is 11.6 Å². The number of halogens is 1. The molecule has 0 aromatic rings. The number of alkyl halides is 1. The van der Waals surface area contributed by atoms with E-state index in [1.54, 1.807) is 12.1 Å². The van der Waals surface area contributed by atoms with Gasteiger partial charge in [-0.05, 0) is 12.8 Å². The minimum Gasteiger partial charge on any atom is -0.400 e. The zero-order chi connectivity index (χ0) is 8.43. The van der Waals surface area contributed by atoms with Crippen LogP contribution in [0.3, 0.4) is 0 Å². The maximum atomic E-state index is 5.69. The molecule has 0 bridgehead atoms. The lowest BCUT2D eigenvalue weighted by molar-refractivity contribution is 0.408. The highest BCUT2D eigenvalue weighted by atomic mass is 35.5. The molecule has 0 saturated heterocycles. The van der Waals surface area contributed by atoms with Crippen LogP contribution in [0.4, 0.5) is 0 Å². The Labute approximate surface area is 71.9 Å². The van der Waals surface area contributed by atoms with Crippen LogP contribution in [0.2, 0.25) is 0 Å². The van der Waals surface area contributed by atoms with Gasteiger partial charge in [-0.1, -0.05) is 0 Å². The minimum absolute atomic E-state index is 0.368. The number of nitrogens with zero attached hydrogens (tertiary/aromatic N) is 1. The van der Waals surface area contributed by atoms with Crippen LogP contribution in [-0.4, -0.2) is 17.9 Å². The van der Waals surface area contributed by atoms with Gasteiger partial charge in [0.15, 0.2) is 0 Å². The number of hydrazine groups is 1. The molecule has 0 atom stereocenters. The molecule has 0 aliphatic heterocycles. The normalized spacial score (nSPS) is 19.5. The molecule has 0 amide bonds. The molecule has 0 unspecified atom stereocenters. The summed E-state index contributed by atoms with van der Waals surface area (Å²) >= 11 is 5.60. The third-order valence-electron chi connectivity index (χ3n) is 1.82. The van der Waals surface area contributed by atoms with Crippen LogP contribution in [-0.2, 0) is 0 Å². The first-order valence-corrected chi connectivity index (χ1v) is 4.23. The summed E-state index contributed by atoms with van der Waals surface area (Å²) in [5, 5.41) is 1.58. The van der Waals surface area contributed by atoms with Crippen molar-refractivity contribution in [3.05, 3.63) is 11.4 Å². The Morgan fingerprint density at radius 2 is 2.18 bits per heavy atom. The fourth-order valence-electron chi connectivity index (χ4n) is 1.20. The molecule has 0 radical (unpaired) electrons. The second kappa shape index (κ2) is 3.32. The molecular formula is C7H14ClN3. The van der Waals surface area contributed by atoms with Crippen molar-refractivity contribution in [2.24, 2.45) is 17.5 Å². The Morgan fingerprint density at radius 1 is 1.64 bits per heavy atom. The quantitative estimate of drug-likeness (QED) is 0.376. The van der Waals surface area contributed by atoms with Gasteiger partial charge in [-0.2, -0.15) is 0 Å². The molecule has 64 valence electrons. The maximum absolute atomic E-state index is 5.69. The van der Waals surface area contributed by atoms with Crippen molar-refractivity contribution < 1.29 is 0 Å². The highest BCUT2D eigenvalue weighted by Crippen LogP contribution is 2.37. The molecule has 1 aliphatic rings. The fourth-order valence-corrected chi connectivity index (χ4v) is 1.34. The number of nitrogens with two attached hydrogens (primary N) is 2. The summed E-state index contributed by atoms with van der Waals surface area (Å²) < 4.78 is 0. The first-order valence-electron chi connectivity index (χ1n) is 3.69. The van der Waals surface area contributed by atoms with Crippen molar-refractivity contribution in [3.63, 3.8) is 0 Å². The van der Waals surface area contributed by atoms with Gasteiger partial charge in [0.2, 0.25) is 0 Å².